The summed E-state index contributed by atoms with van der Waals surface area (Å²) in [7, 11) is 0. The van der Waals surface area contributed by atoms with Gasteiger partial charge in [-0.1, -0.05) is 147 Å². The fourth-order valence-electron chi connectivity index (χ4n) is 7.03. The molecule has 7 aromatic carbocycles. The van der Waals surface area contributed by atoms with Crippen molar-refractivity contribution in [1.82, 2.24) is 0 Å². The van der Waals surface area contributed by atoms with Crippen molar-refractivity contribution in [3.05, 3.63) is 163 Å². The molecule has 7 aromatic rings. The van der Waals surface area contributed by atoms with Gasteiger partial charge >= 0.3 is 5.97 Å². The summed E-state index contributed by atoms with van der Waals surface area (Å²) in [4.78, 5) is 14.3. The summed E-state index contributed by atoms with van der Waals surface area (Å²) in [6, 6.07) is 50.7. The van der Waals surface area contributed by atoms with Crippen molar-refractivity contribution in [2.75, 3.05) is 0 Å². The number of aryl methyl sites for hydroxylation is 1. The standard InChI is InChI=1S/C46H38O4/c1-2-3-5-12-31-19-21-32(22-20-31)33-23-27-37(28-24-33)48-45(47)42(36-15-6-4-7-16-36)46-49-40-29-25-34-13-8-10-17-38(34)43(40)44-39-18-11-9-14-35(39)26-30-41(44)50-46/h4,6-11,13-30,42,46H,2-3,5,12H2,1H3. The first-order valence-electron chi connectivity index (χ1n) is 17.5. The maximum Gasteiger partial charge on any atom is 0.326 e. The second kappa shape index (κ2) is 13.9. The van der Waals surface area contributed by atoms with Crippen molar-refractivity contribution < 1.29 is 19.0 Å². The molecule has 246 valence electrons. The summed E-state index contributed by atoms with van der Waals surface area (Å²) in [5, 5.41) is 4.30. The molecule has 0 spiro atoms. The van der Waals surface area contributed by atoms with E-state index in [1.165, 1.54) is 24.8 Å². The van der Waals surface area contributed by atoms with Gasteiger partial charge in [-0.25, -0.2) is 0 Å². The normalized spacial score (nSPS) is 13.1. The van der Waals surface area contributed by atoms with Crippen LogP contribution in [0.5, 0.6) is 17.2 Å². The summed E-state index contributed by atoms with van der Waals surface area (Å²) in [5.74, 6) is 0.420. The lowest BCUT2D eigenvalue weighted by atomic mass is 9.92. The Labute approximate surface area is 292 Å². The van der Waals surface area contributed by atoms with Crippen LogP contribution in [0.4, 0.5) is 0 Å². The van der Waals surface area contributed by atoms with Crippen LogP contribution < -0.4 is 14.2 Å². The molecule has 1 aliphatic heterocycles. The number of rotatable bonds is 9. The summed E-state index contributed by atoms with van der Waals surface area (Å²) >= 11 is 0. The van der Waals surface area contributed by atoms with Crippen LogP contribution in [0.25, 0.3) is 43.8 Å². The molecule has 4 nitrogen and oxygen atoms in total. The minimum absolute atomic E-state index is 0.460. The van der Waals surface area contributed by atoms with Gasteiger partial charge in [0.2, 0.25) is 0 Å². The molecule has 1 heterocycles. The summed E-state index contributed by atoms with van der Waals surface area (Å²) in [6.45, 7) is 2.23. The Bertz CT molecular complexity index is 2190. The lowest BCUT2D eigenvalue weighted by molar-refractivity contribution is -0.143. The van der Waals surface area contributed by atoms with E-state index >= 15 is 0 Å². The smallest absolute Gasteiger partial charge is 0.326 e. The molecule has 0 N–H and O–H groups in total. The van der Waals surface area contributed by atoms with Crippen LogP contribution in [0.2, 0.25) is 0 Å². The molecule has 0 bridgehead atoms. The molecule has 1 unspecified atom stereocenters. The third-order valence-corrected chi connectivity index (χ3v) is 9.63. The van der Waals surface area contributed by atoms with Crippen LogP contribution >= 0.6 is 0 Å². The molecule has 0 amide bonds. The molecular formula is C46H38O4. The number of esters is 1. The molecule has 0 aromatic heterocycles. The van der Waals surface area contributed by atoms with Crippen molar-refractivity contribution in [2.24, 2.45) is 0 Å². The van der Waals surface area contributed by atoms with Gasteiger partial charge in [0.1, 0.15) is 17.2 Å². The summed E-state index contributed by atoms with van der Waals surface area (Å²) in [6.07, 6.45) is 3.79. The minimum Gasteiger partial charge on any atom is -0.453 e. The van der Waals surface area contributed by atoms with Gasteiger partial charge in [-0.05, 0) is 80.9 Å². The van der Waals surface area contributed by atoms with E-state index in [9.17, 15) is 4.79 Å². The Kier molecular flexibility index (Phi) is 8.75. The van der Waals surface area contributed by atoms with Crippen LogP contribution in [-0.4, -0.2) is 12.3 Å². The Morgan fingerprint density at radius 3 is 1.72 bits per heavy atom. The summed E-state index contributed by atoms with van der Waals surface area (Å²) < 4.78 is 19.6. The Morgan fingerprint density at radius 2 is 1.14 bits per heavy atom. The molecule has 0 radical (unpaired) electrons. The van der Waals surface area contributed by atoms with Crippen molar-refractivity contribution >= 4 is 27.5 Å². The zero-order valence-electron chi connectivity index (χ0n) is 28.0. The largest absolute Gasteiger partial charge is 0.453 e. The van der Waals surface area contributed by atoms with E-state index in [1.54, 1.807) is 0 Å². The fourth-order valence-corrected chi connectivity index (χ4v) is 7.03. The highest BCUT2D eigenvalue weighted by atomic mass is 16.7. The molecule has 50 heavy (non-hydrogen) atoms. The van der Waals surface area contributed by atoms with Crippen LogP contribution in [-0.2, 0) is 11.2 Å². The molecule has 0 saturated carbocycles. The Morgan fingerprint density at radius 1 is 0.600 bits per heavy atom. The predicted molar refractivity (Wildman–Crippen MR) is 202 cm³/mol. The number of carbonyl (C=O) groups excluding carboxylic acids is 1. The van der Waals surface area contributed by atoms with Crippen molar-refractivity contribution in [2.45, 2.75) is 44.8 Å². The van der Waals surface area contributed by atoms with E-state index in [1.807, 2.05) is 91.0 Å². The van der Waals surface area contributed by atoms with Crippen LogP contribution in [0, 0.1) is 0 Å². The average molecular weight is 655 g/mol. The first kappa shape index (κ1) is 31.4. The van der Waals surface area contributed by atoms with Gasteiger partial charge in [0.05, 0.1) is 0 Å². The number of hydrogen-bond donors (Lipinski definition) is 0. The lowest BCUT2D eigenvalue weighted by Gasteiger charge is -2.26. The molecule has 4 heteroatoms. The average Bonchev–Trinajstić information content (AvgIpc) is 3.33. The van der Waals surface area contributed by atoms with Gasteiger partial charge in [-0.2, -0.15) is 0 Å². The van der Waals surface area contributed by atoms with Gasteiger partial charge in [0.25, 0.3) is 6.29 Å². The highest BCUT2D eigenvalue weighted by Gasteiger charge is 2.39. The van der Waals surface area contributed by atoms with Gasteiger partial charge in [-0.3, -0.25) is 4.79 Å². The van der Waals surface area contributed by atoms with E-state index in [0.717, 1.165) is 55.8 Å². The zero-order valence-corrected chi connectivity index (χ0v) is 28.0. The SMILES string of the molecule is CCCCCc1ccc(-c2ccc(OC(=O)C(c3ccccc3)C3Oc4ccc5ccccc5c4-c4c(ccc5ccccc45)O3)cc2)cc1. The third kappa shape index (κ3) is 6.21. The van der Waals surface area contributed by atoms with Crippen molar-refractivity contribution in [1.29, 1.82) is 0 Å². The molecular weight excluding hydrogens is 617 g/mol. The molecule has 0 saturated heterocycles. The molecule has 1 aliphatic rings. The van der Waals surface area contributed by atoms with Crippen LogP contribution in [0.1, 0.15) is 43.2 Å². The second-order valence-corrected chi connectivity index (χ2v) is 12.9. The van der Waals surface area contributed by atoms with Crippen molar-refractivity contribution in [3.63, 3.8) is 0 Å². The van der Waals surface area contributed by atoms with Gasteiger partial charge in [-0.15, -0.1) is 0 Å². The monoisotopic (exact) mass is 654 g/mol. The number of ether oxygens (including phenoxy) is 3. The topological polar surface area (TPSA) is 44.8 Å². The molecule has 8 rings (SSSR count). The third-order valence-electron chi connectivity index (χ3n) is 9.63. The summed E-state index contributed by atoms with van der Waals surface area (Å²) in [5.41, 5.74) is 6.18. The first-order valence-corrected chi connectivity index (χ1v) is 17.5. The van der Waals surface area contributed by atoms with E-state index in [2.05, 4.69) is 67.6 Å². The highest BCUT2D eigenvalue weighted by Crippen LogP contribution is 2.49. The quantitative estimate of drug-likeness (QED) is 0.0883. The van der Waals surface area contributed by atoms with E-state index < -0.39 is 18.2 Å². The van der Waals surface area contributed by atoms with Gasteiger partial charge in [0.15, 0.2) is 5.92 Å². The first-order chi connectivity index (χ1) is 24.7. The Balaban J connectivity index is 1.13. The van der Waals surface area contributed by atoms with Crippen molar-refractivity contribution in [3.8, 4) is 39.5 Å². The number of unbranched alkanes of at least 4 members (excludes halogenated alkanes) is 2. The molecule has 0 aliphatic carbocycles. The second-order valence-electron chi connectivity index (χ2n) is 12.9. The van der Waals surface area contributed by atoms with E-state index in [4.69, 9.17) is 14.2 Å². The van der Waals surface area contributed by atoms with E-state index in [-0.39, 0.29) is 0 Å². The van der Waals surface area contributed by atoms with Crippen LogP contribution in [0.3, 0.4) is 0 Å². The molecule has 0 fully saturated rings. The van der Waals surface area contributed by atoms with Gasteiger partial charge in [0, 0.05) is 11.1 Å². The Hall–Kier alpha value is -5.87. The maximum atomic E-state index is 14.3. The maximum absolute atomic E-state index is 14.3. The zero-order chi connectivity index (χ0) is 33.9. The fraction of sp³-hybridized carbons (Fsp3) is 0.152. The van der Waals surface area contributed by atoms with E-state index in [0.29, 0.717) is 17.2 Å². The van der Waals surface area contributed by atoms with Crippen LogP contribution in [0.15, 0.2) is 152 Å². The number of benzene rings is 7. The predicted octanol–water partition coefficient (Wildman–Crippen LogP) is 11.5. The number of fused-ring (bicyclic) bond motifs is 7. The van der Waals surface area contributed by atoms with Gasteiger partial charge < -0.3 is 14.2 Å². The lowest BCUT2D eigenvalue weighted by Crippen LogP contribution is -2.37. The molecule has 1 atom stereocenters. The number of carbonyl (C=O) groups is 1. The highest BCUT2D eigenvalue weighted by molar-refractivity contribution is 6.10. The minimum atomic E-state index is -0.998. The number of hydrogen-bond acceptors (Lipinski definition) is 4.